The van der Waals surface area contributed by atoms with E-state index in [-0.39, 0.29) is 17.4 Å². The smallest absolute Gasteiger partial charge is 0.461 e. The van der Waals surface area contributed by atoms with E-state index in [2.05, 4.69) is 4.74 Å². The van der Waals surface area contributed by atoms with Crippen molar-refractivity contribution in [3.8, 4) is 11.5 Å². The fourth-order valence-corrected chi connectivity index (χ4v) is 6.33. The molecule has 0 heterocycles. The van der Waals surface area contributed by atoms with E-state index in [4.69, 9.17) is 18.8 Å². The van der Waals surface area contributed by atoms with Crippen molar-refractivity contribution in [2.45, 2.75) is 64.2 Å². The molecule has 35 heavy (non-hydrogen) atoms. The van der Waals surface area contributed by atoms with Gasteiger partial charge < -0.3 is 18.9 Å². The Labute approximate surface area is 201 Å². The molecule has 5 unspecified atom stereocenters. The van der Waals surface area contributed by atoms with Gasteiger partial charge in [-0.2, -0.15) is 8.42 Å². The number of fused-ring (bicyclic) bond motifs is 5. The molecule has 196 valence electrons. The summed E-state index contributed by atoms with van der Waals surface area (Å²) in [5.74, 6) is -1.78. The number of hydrogen-bond acceptors (Lipinski definition) is 7. The number of esters is 1. The average Bonchev–Trinajstić information content (AvgIpc) is 3.40. The van der Waals surface area contributed by atoms with Crippen LogP contribution in [-0.4, -0.2) is 49.6 Å². The standard InChI is InChI=1S/C23H29F3O8S/c1-22(2,32-19-12-14-10-17(19)16-5-3-4-15(14)16)33-20-11-13(6-7-18(20)34-23(24,25)26)21(27)31-8-9-35(28,29)30/h6-7,11,14-17,19H,3-5,8-10,12H2,1-2H3,(H,28,29,30). The first-order valence-corrected chi connectivity index (χ1v) is 13.2. The van der Waals surface area contributed by atoms with Crippen molar-refractivity contribution in [2.75, 3.05) is 12.4 Å². The fourth-order valence-electron chi connectivity index (χ4n) is 6.04. The Morgan fingerprint density at radius 3 is 2.46 bits per heavy atom. The molecule has 8 nitrogen and oxygen atoms in total. The van der Waals surface area contributed by atoms with Crippen LogP contribution in [0.3, 0.4) is 0 Å². The highest BCUT2D eigenvalue weighted by atomic mass is 32.2. The Kier molecular flexibility index (Phi) is 7.02. The Morgan fingerprint density at radius 2 is 1.77 bits per heavy atom. The van der Waals surface area contributed by atoms with E-state index in [0.717, 1.165) is 37.0 Å². The van der Waals surface area contributed by atoms with Crippen LogP contribution in [0.2, 0.25) is 0 Å². The Balaban J connectivity index is 1.48. The molecule has 0 aromatic heterocycles. The van der Waals surface area contributed by atoms with E-state index < -0.39 is 46.3 Å². The summed E-state index contributed by atoms with van der Waals surface area (Å²) in [6, 6.07) is 2.97. The molecule has 3 saturated carbocycles. The monoisotopic (exact) mass is 522 g/mol. The van der Waals surface area contributed by atoms with Gasteiger partial charge in [-0.1, -0.05) is 6.42 Å². The lowest BCUT2D eigenvalue weighted by atomic mass is 9.80. The highest BCUT2D eigenvalue weighted by Crippen LogP contribution is 2.59. The van der Waals surface area contributed by atoms with Gasteiger partial charge >= 0.3 is 12.3 Å². The second kappa shape index (κ2) is 9.44. The van der Waals surface area contributed by atoms with Gasteiger partial charge in [-0.15, -0.1) is 13.2 Å². The Morgan fingerprint density at radius 1 is 1.06 bits per heavy atom. The third-order valence-electron chi connectivity index (χ3n) is 7.14. The first-order valence-electron chi connectivity index (χ1n) is 11.6. The molecule has 3 aliphatic carbocycles. The van der Waals surface area contributed by atoms with Gasteiger partial charge in [0, 0.05) is 13.8 Å². The van der Waals surface area contributed by atoms with E-state index in [1.54, 1.807) is 13.8 Å². The summed E-state index contributed by atoms with van der Waals surface area (Å²) >= 11 is 0. The number of carbonyl (C=O) groups excluding carboxylic acids is 1. The lowest BCUT2D eigenvalue weighted by Crippen LogP contribution is -2.41. The summed E-state index contributed by atoms with van der Waals surface area (Å²) in [4.78, 5) is 12.3. The molecule has 0 spiro atoms. The van der Waals surface area contributed by atoms with Gasteiger partial charge in [0.15, 0.2) is 11.5 Å². The number of carbonyl (C=O) groups is 1. The predicted octanol–water partition coefficient (Wildman–Crippen LogP) is 4.59. The van der Waals surface area contributed by atoms with E-state index in [1.165, 1.54) is 19.3 Å². The topological polar surface area (TPSA) is 108 Å². The second-order valence-corrected chi connectivity index (χ2v) is 11.5. The average molecular weight is 523 g/mol. The van der Waals surface area contributed by atoms with E-state index in [0.29, 0.717) is 17.8 Å². The maximum atomic E-state index is 13.0. The molecule has 12 heteroatoms. The molecule has 4 rings (SSSR count). The number of benzene rings is 1. The second-order valence-electron chi connectivity index (χ2n) is 9.94. The molecule has 2 bridgehead atoms. The van der Waals surface area contributed by atoms with Crippen molar-refractivity contribution < 1.29 is 49.9 Å². The molecular formula is C23H29F3O8S. The van der Waals surface area contributed by atoms with Gasteiger partial charge in [0.25, 0.3) is 10.1 Å². The first kappa shape index (κ1) is 26.0. The highest BCUT2D eigenvalue weighted by molar-refractivity contribution is 7.85. The van der Waals surface area contributed by atoms with Crippen LogP contribution in [0.25, 0.3) is 0 Å². The van der Waals surface area contributed by atoms with Crippen molar-refractivity contribution in [3.05, 3.63) is 23.8 Å². The minimum Gasteiger partial charge on any atom is -0.461 e. The number of hydrogen-bond donors (Lipinski definition) is 1. The van der Waals surface area contributed by atoms with Gasteiger partial charge in [0.1, 0.15) is 12.4 Å². The van der Waals surface area contributed by atoms with Gasteiger partial charge in [-0.05, 0) is 67.6 Å². The van der Waals surface area contributed by atoms with Crippen LogP contribution in [0.15, 0.2) is 18.2 Å². The summed E-state index contributed by atoms with van der Waals surface area (Å²) in [7, 11) is -4.35. The molecule has 3 fully saturated rings. The van der Waals surface area contributed by atoms with Crippen molar-refractivity contribution in [3.63, 3.8) is 0 Å². The normalized spacial score (nSPS) is 28.1. The van der Waals surface area contributed by atoms with Gasteiger partial charge in [0.05, 0.1) is 11.7 Å². The van der Waals surface area contributed by atoms with Crippen molar-refractivity contribution in [1.82, 2.24) is 0 Å². The summed E-state index contributed by atoms with van der Waals surface area (Å²) in [6.45, 7) is 2.56. The molecule has 1 aromatic carbocycles. The Hall–Kier alpha value is -2.05. The van der Waals surface area contributed by atoms with Crippen LogP contribution < -0.4 is 9.47 Å². The predicted molar refractivity (Wildman–Crippen MR) is 116 cm³/mol. The van der Waals surface area contributed by atoms with E-state index in [9.17, 15) is 26.4 Å². The van der Waals surface area contributed by atoms with Crippen LogP contribution in [0, 0.1) is 23.7 Å². The van der Waals surface area contributed by atoms with Crippen molar-refractivity contribution in [2.24, 2.45) is 23.7 Å². The van der Waals surface area contributed by atoms with Gasteiger partial charge in [0.2, 0.25) is 5.79 Å². The molecule has 0 radical (unpaired) electrons. The summed E-state index contributed by atoms with van der Waals surface area (Å²) < 4.78 is 90.2. The number of ether oxygens (including phenoxy) is 4. The van der Waals surface area contributed by atoms with Gasteiger partial charge in [-0.25, -0.2) is 4.79 Å². The minimum absolute atomic E-state index is 0.0603. The summed E-state index contributed by atoms with van der Waals surface area (Å²) in [5, 5.41) is 0. The zero-order chi connectivity index (χ0) is 25.6. The van der Waals surface area contributed by atoms with E-state index >= 15 is 0 Å². The number of halogens is 3. The maximum absolute atomic E-state index is 13.0. The number of alkyl halides is 3. The van der Waals surface area contributed by atoms with Crippen LogP contribution >= 0.6 is 0 Å². The quantitative estimate of drug-likeness (QED) is 0.285. The third-order valence-corrected chi connectivity index (χ3v) is 7.82. The minimum atomic E-state index is -5.00. The molecule has 0 saturated heterocycles. The largest absolute Gasteiger partial charge is 0.573 e. The van der Waals surface area contributed by atoms with Crippen LogP contribution in [-0.2, 0) is 19.6 Å². The molecule has 0 amide bonds. The summed E-state index contributed by atoms with van der Waals surface area (Å²) in [6.07, 6.45) is 0.592. The van der Waals surface area contributed by atoms with Crippen molar-refractivity contribution >= 4 is 16.1 Å². The molecule has 5 atom stereocenters. The lowest BCUT2D eigenvalue weighted by Gasteiger charge is -2.37. The SMILES string of the molecule is CC(C)(Oc1cc(C(=O)OCCS(=O)(=O)O)ccc1OC(F)(F)F)OC1CC2CC1C1CCCC21. The summed E-state index contributed by atoms with van der Waals surface area (Å²) in [5.41, 5.74) is -0.186. The Bertz CT molecular complexity index is 1060. The van der Waals surface area contributed by atoms with Crippen LogP contribution in [0.5, 0.6) is 11.5 Å². The van der Waals surface area contributed by atoms with Gasteiger partial charge in [-0.3, -0.25) is 4.55 Å². The van der Waals surface area contributed by atoms with Crippen molar-refractivity contribution in [1.29, 1.82) is 0 Å². The fraction of sp³-hybridized carbons (Fsp3) is 0.696. The molecular weight excluding hydrogens is 493 g/mol. The molecule has 1 N–H and O–H groups in total. The highest BCUT2D eigenvalue weighted by Gasteiger charge is 2.55. The lowest BCUT2D eigenvalue weighted by molar-refractivity contribution is -0.276. The zero-order valence-electron chi connectivity index (χ0n) is 19.4. The molecule has 3 aliphatic rings. The zero-order valence-corrected chi connectivity index (χ0v) is 20.2. The van der Waals surface area contributed by atoms with E-state index in [1.807, 2.05) is 0 Å². The molecule has 0 aliphatic heterocycles. The maximum Gasteiger partial charge on any atom is 0.573 e. The van der Waals surface area contributed by atoms with Crippen LogP contribution in [0.1, 0.15) is 56.3 Å². The van der Waals surface area contributed by atoms with Crippen LogP contribution in [0.4, 0.5) is 13.2 Å². The third kappa shape index (κ3) is 6.39. The number of rotatable bonds is 9. The first-order chi connectivity index (χ1) is 16.2. The molecule has 1 aromatic rings.